The molecule has 4 amide bonds. The van der Waals surface area contributed by atoms with E-state index >= 15 is 0 Å². The van der Waals surface area contributed by atoms with E-state index in [-0.39, 0.29) is 38.8 Å². The van der Waals surface area contributed by atoms with Crippen molar-refractivity contribution in [1.82, 2.24) is 44.7 Å². The van der Waals surface area contributed by atoms with Crippen LogP contribution in [-0.2, 0) is 35.6 Å². The molecule has 3 heterocycles. The normalized spacial score (nSPS) is 14.5. The molecular formula is C34H41N9O8S. The lowest BCUT2D eigenvalue weighted by Crippen LogP contribution is -2.41. The van der Waals surface area contributed by atoms with Crippen LogP contribution in [0.15, 0.2) is 60.9 Å². The van der Waals surface area contributed by atoms with Crippen molar-refractivity contribution in [3.63, 3.8) is 0 Å². The third-order valence-corrected chi connectivity index (χ3v) is 9.65. The Morgan fingerprint density at radius 1 is 0.846 bits per heavy atom. The summed E-state index contributed by atoms with van der Waals surface area (Å²) in [5.41, 5.74) is 5.20. The minimum atomic E-state index is -3.60. The van der Waals surface area contributed by atoms with Crippen molar-refractivity contribution in [1.29, 1.82) is 0 Å². The molecule has 18 heteroatoms. The summed E-state index contributed by atoms with van der Waals surface area (Å²) in [4.78, 5) is 66.9. The molecule has 0 saturated carbocycles. The third-order valence-electron chi connectivity index (χ3n) is 8.44. The first-order valence-electron chi connectivity index (χ1n) is 16.4. The number of rotatable bonds is 13. The van der Waals surface area contributed by atoms with Crippen molar-refractivity contribution >= 4 is 34.0 Å². The van der Waals surface area contributed by atoms with Gasteiger partial charge in [0, 0.05) is 13.1 Å². The first-order chi connectivity index (χ1) is 24.9. The number of hydrogen-bond acceptors (Lipinski definition) is 10. The maximum absolute atomic E-state index is 13.0. The Balaban J connectivity index is 1.24. The van der Waals surface area contributed by atoms with Gasteiger partial charge in [-0.15, -0.1) is 0 Å². The minimum Gasteiger partial charge on any atom is -0.453 e. The van der Waals surface area contributed by atoms with E-state index < -0.39 is 34.2 Å². The summed E-state index contributed by atoms with van der Waals surface area (Å²) in [6.45, 7) is 2.05. The van der Waals surface area contributed by atoms with Crippen molar-refractivity contribution in [2.45, 2.75) is 25.9 Å². The smallest absolute Gasteiger partial charge is 0.407 e. The fourth-order valence-corrected chi connectivity index (χ4v) is 6.41. The zero-order valence-electron chi connectivity index (χ0n) is 29.2. The predicted octanol–water partition coefficient (Wildman–Crippen LogP) is 2.69. The van der Waals surface area contributed by atoms with Gasteiger partial charge in [-0.05, 0) is 28.7 Å². The van der Waals surface area contributed by atoms with Crippen molar-refractivity contribution in [2.24, 2.45) is 0 Å². The van der Waals surface area contributed by atoms with E-state index in [1.807, 2.05) is 55.5 Å². The van der Waals surface area contributed by atoms with Crippen molar-refractivity contribution in [3.05, 3.63) is 72.6 Å². The number of methoxy groups -OCH3 is 2. The summed E-state index contributed by atoms with van der Waals surface area (Å²) in [6.07, 6.45) is 3.73. The van der Waals surface area contributed by atoms with Crippen LogP contribution in [0.4, 0.5) is 9.59 Å². The predicted molar refractivity (Wildman–Crippen MR) is 190 cm³/mol. The first-order valence-corrected chi connectivity index (χ1v) is 18.2. The average Bonchev–Trinajstić information content (AvgIpc) is 3.93. The van der Waals surface area contributed by atoms with Crippen molar-refractivity contribution in [3.8, 4) is 33.6 Å². The maximum atomic E-state index is 13.0. The van der Waals surface area contributed by atoms with Crippen LogP contribution in [0, 0.1) is 0 Å². The summed E-state index contributed by atoms with van der Waals surface area (Å²) in [7, 11) is -1.18. The van der Waals surface area contributed by atoms with E-state index in [1.54, 1.807) is 17.3 Å². The highest BCUT2D eigenvalue weighted by molar-refractivity contribution is 7.88. The molecule has 2 aromatic carbocycles. The lowest BCUT2D eigenvalue weighted by molar-refractivity contribution is -0.131. The summed E-state index contributed by atoms with van der Waals surface area (Å²) < 4.78 is 34.9. The Bertz CT molecular complexity index is 1990. The Morgan fingerprint density at radius 2 is 1.38 bits per heavy atom. The SMILES string of the molecule is CCCN(Cc1ncc(-c2ccc(-c3ccc(-c4cnc([C@@H]5CN(S(C)(=O)=O)CN5C(=O)CNC(=O)OC)[nH]4)cc3)cc2)[nH]1)C(=O)CNC(=O)OC. The Kier molecular flexibility index (Phi) is 11.9. The molecule has 1 aliphatic rings. The van der Waals surface area contributed by atoms with E-state index in [4.69, 9.17) is 0 Å². The number of aromatic amines is 2. The summed E-state index contributed by atoms with van der Waals surface area (Å²) in [6, 6.07) is 15.1. The highest BCUT2D eigenvalue weighted by Crippen LogP contribution is 2.31. The number of sulfonamides is 1. The molecule has 0 unspecified atom stereocenters. The fourth-order valence-electron chi connectivity index (χ4n) is 5.67. The number of alkyl carbamates (subject to hydrolysis) is 2. The van der Waals surface area contributed by atoms with Crippen LogP contribution in [0.25, 0.3) is 33.6 Å². The highest BCUT2D eigenvalue weighted by atomic mass is 32.2. The lowest BCUT2D eigenvalue weighted by Gasteiger charge is -2.22. The summed E-state index contributed by atoms with van der Waals surface area (Å²) in [5.74, 6) is 0.301. The molecule has 1 fully saturated rings. The minimum absolute atomic E-state index is 0.0116. The molecule has 276 valence electrons. The third kappa shape index (κ3) is 9.12. The molecule has 1 aliphatic heterocycles. The lowest BCUT2D eigenvalue weighted by atomic mass is 10.0. The zero-order chi connectivity index (χ0) is 37.4. The molecule has 0 spiro atoms. The largest absolute Gasteiger partial charge is 0.453 e. The standard InChI is InChI=1S/C34H41N9O8S/c1-5-14-41(30(44)17-37-33(46)50-2)20-29-35-15-26(39-29)24-10-6-22(7-11-24)23-8-12-25(13-9-23)27-16-36-32(40-27)28-19-42(52(4,48)49)21-43(28)31(45)18-38-34(47)51-3/h6-13,15-16,28H,5,14,17-21H2,1-4H3,(H,35,39)(H,36,40)(H,37,46)(H,38,47)/t28-/m0/s1. The second-order valence-corrected chi connectivity index (χ2v) is 14.0. The van der Waals surface area contributed by atoms with E-state index in [2.05, 4.69) is 40.0 Å². The van der Waals surface area contributed by atoms with E-state index in [0.717, 1.165) is 40.6 Å². The first kappa shape index (κ1) is 37.5. The maximum Gasteiger partial charge on any atom is 0.407 e. The molecule has 0 bridgehead atoms. The number of H-pyrrole nitrogens is 2. The second-order valence-electron chi connectivity index (χ2n) is 12.0. The number of hydrogen-bond donors (Lipinski definition) is 4. The Morgan fingerprint density at radius 3 is 1.94 bits per heavy atom. The molecule has 1 atom stereocenters. The molecule has 2 aromatic heterocycles. The summed E-state index contributed by atoms with van der Waals surface area (Å²) >= 11 is 0. The fraction of sp³-hybridized carbons (Fsp3) is 0.353. The Hall–Kier alpha value is -5.75. The van der Waals surface area contributed by atoms with Gasteiger partial charge in [-0.3, -0.25) is 9.59 Å². The number of ether oxygens (including phenoxy) is 2. The van der Waals surface area contributed by atoms with Gasteiger partial charge in [-0.1, -0.05) is 55.5 Å². The van der Waals surface area contributed by atoms with E-state index in [1.165, 1.54) is 23.4 Å². The molecular weight excluding hydrogens is 694 g/mol. The van der Waals surface area contributed by atoms with Crippen molar-refractivity contribution in [2.75, 3.05) is 53.3 Å². The van der Waals surface area contributed by atoms with Crippen LogP contribution in [0.3, 0.4) is 0 Å². The second kappa shape index (κ2) is 16.5. The van der Waals surface area contributed by atoms with Gasteiger partial charge in [0.2, 0.25) is 21.8 Å². The number of nitrogens with zero attached hydrogens (tertiary/aromatic N) is 5. The van der Waals surface area contributed by atoms with Crippen LogP contribution in [0.5, 0.6) is 0 Å². The highest BCUT2D eigenvalue weighted by Gasteiger charge is 2.40. The molecule has 5 rings (SSSR count). The molecule has 4 N–H and O–H groups in total. The van der Waals surface area contributed by atoms with Gasteiger partial charge in [-0.25, -0.2) is 28.0 Å². The van der Waals surface area contributed by atoms with E-state index in [0.29, 0.717) is 23.9 Å². The molecule has 4 aromatic rings. The van der Waals surface area contributed by atoms with E-state index in [9.17, 15) is 27.6 Å². The molecule has 17 nitrogen and oxygen atoms in total. The molecule has 0 radical (unpaired) electrons. The Labute approximate surface area is 300 Å². The molecule has 0 aliphatic carbocycles. The average molecular weight is 736 g/mol. The number of amides is 4. The number of carbonyl (C=O) groups is 4. The van der Waals surface area contributed by atoms with Crippen LogP contribution in [0.2, 0.25) is 0 Å². The number of aromatic nitrogens is 4. The van der Waals surface area contributed by atoms with Crippen molar-refractivity contribution < 1.29 is 37.1 Å². The van der Waals surface area contributed by atoms with Gasteiger partial charge in [0.1, 0.15) is 30.8 Å². The number of imidazole rings is 2. The monoisotopic (exact) mass is 735 g/mol. The van der Waals surface area contributed by atoms with Gasteiger partial charge >= 0.3 is 12.2 Å². The van der Waals surface area contributed by atoms with Gasteiger partial charge in [0.15, 0.2) is 0 Å². The van der Waals surface area contributed by atoms with Gasteiger partial charge in [0.25, 0.3) is 0 Å². The topological polar surface area (TPSA) is 212 Å². The molecule has 52 heavy (non-hydrogen) atoms. The summed E-state index contributed by atoms with van der Waals surface area (Å²) in [5, 5.41) is 4.75. The number of nitrogens with one attached hydrogen (secondary N) is 4. The van der Waals surface area contributed by atoms with Crippen LogP contribution >= 0.6 is 0 Å². The van der Waals surface area contributed by atoms with Crippen LogP contribution in [0.1, 0.15) is 31.0 Å². The molecule has 1 saturated heterocycles. The van der Waals surface area contributed by atoms with Crippen LogP contribution in [-0.4, -0.2) is 120 Å². The van der Waals surface area contributed by atoms with Crippen LogP contribution < -0.4 is 10.6 Å². The van der Waals surface area contributed by atoms with Gasteiger partial charge in [0.05, 0.1) is 57.5 Å². The van der Waals surface area contributed by atoms with Gasteiger partial charge in [-0.2, -0.15) is 4.31 Å². The number of carbonyl (C=O) groups excluding carboxylic acids is 4. The van der Waals surface area contributed by atoms with Gasteiger partial charge < -0.3 is 39.9 Å². The zero-order valence-corrected chi connectivity index (χ0v) is 30.0. The number of benzene rings is 2. The quantitative estimate of drug-likeness (QED) is 0.158.